The molecule has 5 N–H and O–H groups in total. The van der Waals surface area contributed by atoms with Gasteiger partial charge in [0, 0.05) is 12.5 Å². The van der Waals surface area contributed by atoms with E-state index in [1.54, 1.807) is 0 Å². The van der Waals surface area contributed by atoms with Crippen LogP contribution in [0.4, 0.5) is 5.13 Å². The summed E-state index contributed by atoms with van der Waals surface area (Å²) in [6.07, 6.45) is 0. The fraction of sp³-hybridized carbons (Fsp3) is 0.500. The summed E-state index contributed by atoms with van der Waals surface area (Å²) in [6.45, 7) is 2.07. The summed E-state index contributed by atoms with van der Waals surface area (Å²) < 4.78 is 36.9. The molecular weight excluding hydrogens is 446 g/mol. The quantitative estimate of drug-likeness (QED) is 0.142. The van der Waals surface area contributed by atoms with Crippen LogP contribution in [0.5, 0.6) is 0 Å². The summed E-state index contributed by atoms with van der Waals surface area (Å²) in [5.74, 6) is -3.48. The maximum atomic E-state index is 12.7. The summed E-state index contributed by atoms with van der Waals surface area (Å²) in [4.78, 5) is 44.9. The minimum atomic E-state index is -4.86. The fourth-order valence-corrected chi connectivity index (χ4v) is 3.72. The van der Waals surface area contributed by atoms with Gasteiger partial charge in [-0.25, -0.2) is 14.1 Å². The number of nitrogens with two attached hydrogens (primary N) is 1. The molecule has 0 spiro atoms. The fourth-order valence-electron chi connectivity index (χ4n) is 2.31. The first-order valence-corrected chi connectivity index (χ1v) is 10.4. The lowest BCUT2D eigenvalue weighted by molar-refractivity contribution is -0.161. The number of methoxy groups -OCH3 is 1. The first-order valence-electron chi connectivity index (χ1n) is 8.11. The summed E-state index contributed by atoms with van der Waals surface area (Å²) in [5.41, 5.74) is 3.21. The Balaban J connectivity index is 2.30. The van der Waals surface area contributed by atoms with Crippen LogP contribution in [0.2, 0.25) is 0 Å². The van der Waals surface area contributed by atoms with Gasteiger partial charge in [0.05, 0.1) is 6.61 Å². The molecule has 166 valence electrons. The normalized spacial score (nSPS) is 19.9. The first kappa shape index (κ1) is 23.5. The molecule has 1 aromatic rings. The number of rotatable bonds is 9. The number of carbonyl (C=O) groups excluding carboxylic acids is 2. The van der Waals surface area contributed by atoms with Gasteiger partial charge in [-0.3, -0.25) is 14.1 Å². The zero-order valence-corrected chi connectivity index (χ0v) is 17.6. The van der Waals surface area contributed by atoms with Crippen molar-refractivity contribution in [1.29, 1.82) is 0 Å². The number of nitrogens with zero attached hydrogens (tertiary/aromatic N) is 3. The highest BCUT2D eigenvalue weighted by molar-refractivity contribution is 7.84. The van der Waals surface area contributed by atoms with E-state index in [0.717, 1.165) is 11.3 Å². The Bertz CT molecular complexity index is 988. The standard InChI is InChI=1S/C14H19N5O9S2/c1-14(2,12(22)23)28-18-8(6-5-29-13(15)16-6)10(20)17-9-7(4-27-3)19(11(9)21)30(24,25)26/h5,7,9H,4H2,1-3H3,(H2,15,16)(H,17,20)(H,22,23)(H,24,25,26)/b18-8-. The molecule has 2 amide bonds. The van der Waals surface area contributed by atoms with E-state index in [1.807, 2.05) is 0 Å². The van der Waals surface area contributed by atoms with Crippen molar-refractivity contribution >= 4 is 50.3 Å². The van der Waals surface area contributed by atoms with Crippen LogP contribution in [-0.4, -0.2) is 82.3 Å². The lowest BCUT2D eigenvalue weighted by atomic mass is 9.99. The number of carbonyl (C=O) groups is 3. The minimum Gasteiger partial charge on any atom is -0.478 e. The summed E-state index contributed by atoms with van der Waals surface area (Å²) in [6, 6.07) is -2.58. The van der Waals surface area contributed by atoms with Crippen molar-refractivity contribution in [1.82, 2.24) is 14.6 Å². The van der Waals surface area contributed by atoms with E-state index >= 15 is 0 Å². The van der Waals surface area contributed by atoms with Gasteiger partial charge < -0.3 is 25.7 Å². The molecule has 16 heteroatoms. The van der Waals surface area contributed by atoms with Crippen molar-refractivity contribution in [2.45, 2.75) is 31.5 Å². The van der Waals surface area contributed by atoms with Crippen LogP contribution in [0, 0.1) is 0 Å². The number of carboxylic acids is 1. The second-order valence-electron chi connectivity index (χ2n) is 6.50. The highest BCUT2D eigenvalue weighted by atomic mass is 32.2. The Morgan fingerprint density at radius 1 is 1.47 bits per heavy atom. The number of carboxylic acid groups (broad SMARTS) is 1. The Labute approximate surface area is 174 Å². The maximum Gasteiger partial charge on any atom is 0.362 e. The molecule has 30 heavy (non-hydrogen) atoms. The number of nitrogen functional groups attached to an aromatic ring is 1. The molecule has 2 heterocycles. The molecule has 2 atom stereocenters. The van der Waals surface area contributed by atoms with E-state index in [9.17, 15) is 22.8 Å². The van der Waals surface area contributed by atoms with Gasteiger partial charge in [0.1, 0.15) is 17.8 Å². The van der Waals surface area contributed by atoms with Crippen molar-refractivity contribution in [3.63, 3.8) is 0 Å². The second-order valence-corrected chi connectivity index (χ2v) is 8.68. The molecule has 1 saturated heterocycles. The molecule has 0 saturated carbocycles. The third-order valence-electron chi connectivity index (χ3n) is 3.90. The Morgan fingerprint density at radius 3 is 2.57 bits per heavy atom. The Hall–Kier alpha value is -2.82. The van der Waals surface area contributed by atoms with Crippen molar-refractivity contribution in [2.24, 2.45) is 5.16 Å². The number of aliphatic carboxylic acids is 1. The second kappa shape index (κ2) is 8.50. The number of ether oxygens (including phenoxy) is 1. The molecule has 0 bridgehead atoms. The molecule has 1 aliphatic heterocycles. The van der Waals surface area contributed by atoms with Gasteiger partial charge in [0.25, 0.3) is 11.8 Å². The van der Waals surface area contributed by atoms with E-state index in [-0.39, 0.29) is 21.7 Å². The molecule has 0 aliphatic carbocycles. The predicted octanol–water partition coefficient (Wildman–Crippen LogP) is -1.55. The van der Waals surface area contributed by atoms with Crippen molar-refractivity contribution in [3.8, 4) is 0 Å². The molecule has 0 aromatic carbocycles. The lowest BCUT2D eigenvalue weighted by Crippen LogP contribution is -2.73. The Kier molecular flexibility index (Phi) is 6.65. The van der Waals surface area contributed by atoms with Crippen molar-refractivity contribution < 1.29 is 42.0 Å². The summed E-state index contributed by atoms with van der Waals surface area (Å²) >= 11 is 0.968. The zero-order chi connectivity index (χ0) is 22.9. The molecule has 1 aliphatic rings. The number of amides is 2. The van der Waals surface area contributed by atoms with Crippen LogP contribution >= 0.6 is 11.3 Å². The monoisotopic (exact) mass is 465 g/mol. The molecule has 0 radical (unpaired) electrons. The highest BCUT2D eigenvalue weighted by Gasteiger charge is 2.54. The molecule has 1 aromatic heterocycles. The number of aromatic nitrogens is 1. The highest BCUT2D eigenvalue weighted by Crippen LogP contribution is 2.24. The zero-order valence-electron chi connectivity index (χ0n) is 15.9. The van der Waals surface area contributed by atoms with Gasteiger partial charge in [-0.05, 0) is 13.8 Å². The van der Waals surface area contributed by atoms with Crippen LogP contribution < -0.4 is 11.1 Å². The van der Waals surface area contributed by atoms with Crippen LogP contribution in [0.25, 0.3) is 0 Å². The molecule has 2 rings (SSSR count). The van der Waals surface area contributed by atoms with Crippen LogP contribution in [0.15, 0.2) is 10.5 Å². The van der Waals surface area contributed by atoms with E-state index in [0.29, 0.717) is 0 Å². The van der Waals surface area contributed by atoms with E-state index < -0.39 is 51.5 Å². The number of hydrogen-bond acceptors (Lipinski definition) is 11. The van der Waals surface area contributed by atoms with Crippen molar-refractivity contribution in [3.05, 3.63) is 11.1 Å². The van der Waals surface area contributed by atoms with E-state index in [4.69, 9.17) is 25.0 Å². The largest absolute Gasteiger partial charge is 0.478 e. The van der Waals surface area contributed by atoms with Gasteiger partial charge in [0.15, 0.2) is 10.8 Å². The van der Waals surface area contributed by atoms with Gasteiger partial charge >= 0.3 is 16.3 Å². The molecule has 14 nitrogen and oxygen atoms in total. The maximum absolute atomic E-state index is 12.7. The first-order chi connectivity index (χ1) is 13.8. The van der Waals surface area contributed by atoms with E-state index in [1.165, 1.54) is 26.3 Å². The van der Waals surface area contributed by atoms with Crippen LogP contribution in [0.3, 0.4) is 0 Å². The predicted molar refractivity (Wildman–Crippen MR) is 102 cm³/mol. The minimum absolute atomic E-state index is 0.0575. The number of nitrogens with one attached hydrogen (secondary N) is 1. The third-order valence-corrected chi connectivity index (χ3v) is 5.52. The van der Waals surface area contributed by atoms with E-state index in [2.05, 4.69) is 15.5 Å². The number of β-lactam (4-membered cyclic amide) rings is 1. The van der Waals surface area contributed by atoms with Crippen LogP contribution in [0.1, 0.15) is 19.5 Å². The number of oxime groups is 1. The number of thiazole rings is 1. The summed E-state index contributed by atoms with van der Waals surface area (Å²) in [7, 11) is -3.63. The number of anilines is 1. The lowest BCUT2D eigenvalue weighted by Gasteiger charge is -2.43. The van der Waals surface area contributed by atoms with Crippen molar-refractivity contribution in [2.75, 3.05) is 19.5 Å². The van der Waals surface area contributed by atoms with Gasteiger partial charge in [0.2, 0.25) is 5.60 Å². The summed E-state index contributed by atoms with van der Waals surface area (Å²) in [5, 5.41) is 16.4. The number of hydrogen-bond donors (Lipinski definition) is 4. The van der Waals surface area contributed by atoms with Crippen LogP contribution in [-0.2, 0) is 34.3 Å². The smallest absolute Gasteiger partial charge is 0.362 e. The van der Waals surface area contributed by atoms with Gasteiger partial charge in [-0.1, -0.05) is 5.16 Å². The topological polar surface area (TPSA) is 211 Å². The van der Waals surface area contributed by atoms with Gasteiger partial charge in [-0.2, -0.15) is 8.42 Å². The van der Waals surface area contributed by atoms with Gasteiger partial charge in [-0.15, -0.1) is 11.3 Å². The molecule has 1 fully saturated rings. The molecular formula is C14H19N5O9S2. The Morgan fingerprint density at radius 2 is 2.10 bits per heavy atom. The third kappa shape index (κ3) is 4.84. The average molecular weight is 465 g/mol. The molecule has 2 unspecified atom stereocenters. The average Bonchev–Trinajstić information content (AvgIpc) is 3.04. The SMILES string of the molecule is COCC1C(NC(=O)/C(=N\OC(C)(C)C(=O)O)c2csc(N)n2)C(=O)N1S(=O)(=O)O.